The predicted octanol–water partition coefficient (Wildman–Crippen LogP) is 0.943. The van der Waals surface area contributed by atoms with Crippen LogP contribution in [0.4, 0.5) is 5.82 Å². The summed E-state index contributed by atoms with van der Waals surface area (Å²) in [5, 5.41) is 0. The maximum absolute atomic E-state index is 5.85. The summed E-state index contributed by atoms with van der Waals surface area (Å²) in [7, 11) is 1.65. The number of nitrogens with one attached hydrogen (secondary N) is 1. The molecule has 0 aromatic carbocycles. The predicted molar refractivity (Wildman–Crippen MR) is 65.8 cm³/mol. The van der Waals surface area contributed by atoms with Gasteiger partial charge in [0.05, 0.1) is 24.5 Å². The number of aromatic nitrogens is 2. The Kier molecular flexibility index (Phi) is 3.15. The van der Waals surface area contributed by atoms with Crippen LogP contribution in [0.5, 0.6) is 0 Å². The molecule has 0 amide bonds. The SMILES string of the molecule is COCc1cc(NN)nc(C2CC3CCC2O3)n1. The van der Waals surface area contributed by atoms with Crippen LogP contribution in [-0.2, 0) is 16.1 Å². The highest BCUT2D eigenvalue weighted by molar-refractivity contribution is 5.35. The number of hydrogen-bond acceptors (Lipinski definition) is 6. The van der Waals surface area contributed by atoms with E-state index >= 15 is 0 Å². The van der Waals surface area contributed by atoms with Crippen molar-refractivity contribution in [1.82, 2.24) is 9.97 Å². The van der Waals surface area contributed by atoms with Gasteiger partial charge in [-0.3, -0.25) is 0 Å². The van der Waals surface area contributed by atoms with E-state index in [4.69, 9.17) is 15.3 Å². The van der Waals surface area contributed by atoms with Crippen LogP contribution in [-0.4, -0.2) is 29.3 Å². The summed E-state index contributed by atoms with van der Waals surface area (Å²) >= 11 is 0. The molecular weight excluding hydrogens is 232 g/mol. The lowest BCUT2D eigenvalue weighted by Gasteiger charge is -2.18. The molecule has 2 saturated heterocycles. The lowest BCUT2D eigenvalue weighted by Crippen LogP contribution is -2.19. The molecule has 6 nitrogen and oxygen atoms in total. The van der Waals surface area contributed by atoms with Crippen LogP contribution in [0.2, 0.25) is 0 Å². The van der Waals surface area contributed by atoms with Gasteiger partial charge in [0.2, 0.25) is 0 Å². The quantitative estimate of drug-likeness (QED) is 0.611. The topological polar surface area (TPSA) is 82.3 Å². The summed E-state index contributed by atoms with van der Waals surface area (Å²) in [5.74, 6) is 7.20. The maximum Gasteiger partial charge on any atom is 0.144 e. The largest absolute Gasteiger partial charge is 0.378 e. The van der Waals surface area contributed by atoms with Crippen molar-refractivity contribution >= 4 is 5.82 Å². The van der Waals surface area contributed by atoms with Crippen LogP contribution in [0, 0.1) is 0 Å². The van der Waals surface area contributed by atoms with E-state index in [1.807, 2.05) is 0 Å². The minimum Gasteiger partial charge on any atom is -0.378 e. The highest BCUT2D eigenvalue weighted by Crippen LogP contribution is 2.43. The number of nitrogen functional groups attached to an aromatic ring is 1. The number of hydrazine groups is 1. The Morgan fingerprint density at radius 3 is 3.00 bits per heavy atom. The third kappa shape index (κ3) is 2.07. The average molecular weight is 250 g/mol. The van der Waals surface area contributed by atoms with Gasteiger partial charge in [-0.1, -0.05) is 0 Å². The standard InChI is InChI=1S/C12H18N4O2/c1-17-6-7-4-11(16-13)15-12(14-7)9-5-8-2-3-10(9)18-8/h4,8-10H,2-3,5-6,13H2,1H3,(H,14,15,16). The van der Waals surface area contributed by atoms with Crippen molar-refractivity contribution in [3.63, 3.8) is 0 Å². The van der Waals surface area contributed by atoms with Crippen molar-refractivity contribution in [3.8, 4) is 0 Å². The van der Waals surface area contributed by atoms with Crippen LogP contribution in [0.25, 0.3) is 0 Å². The third-order valence-corrected chi connectivity index (χ3v) is 3.67. The molecule has 3 unspecified atom stereocenters. The zero-order chi connectivity index (χ0) is 12.5. The molecule has 0 spiro atoms. The molecule has 0 aliphatic carbocycles. The van der Waals surface area contributed by atoms with Gasteiger partial charge < -0.3 is 14.9 Å². The molecule has 3 atom stereocenters. The van der Waals surface area contributed by atoms with Crippen molar-refractivity contribution in [2.75, 3.05) is 12.5 Å². The molecule has 6 heteroatoms. The fourth-order valence-electron chi connectivity index (χ4n) is 2.89. The number of nitrogens with zero attached hydrogens (tertiary/aromatic N) is 2. The van der Waals surface area contributed by atoms with Gasteiger partial charge in [-0.2, -0.15) is 0 Å². The second kappa shape index (κ2) is 4.79. The summed E-state index contributed by atoms with van der Waals surface area (Å²) in [5.41, 5.74) is 3.43. The van der Waals surface area contributed by atoms with E-state index in [0.717, 1.165) is 24.4 Å². The molecule has 3 N–H and O–H groups in total. The second-order valence-electron chi connectivity index (χ2n) is 4.90. The van der Waals surface area contributed by atoms with Crippen LogP contribution < -0.4 is 11.3 Å². The van der Waals surface area contributed by atoms with Crippen LogP contribution in [0.1, 0.15) is 36.7 Å². The molecule has 3 heterocycles. The van der Waals surface area contributed by atoms with Gasteiger partial charge in [-0.25, -0.2) is 15.8 Å². The molecule has 2 aliphatic heterocycles. The van der Waals surface area contributed by atoms with Crippen molar-refractivity contribution in [2.24, 2.45) is 5.84 Å². The number of nitrogens with two attached hydrogens (primary N) is 1. The Bertz CT molecular complexity index is 440. The third-order valence-electron chi connectivity index (χ3n) is 3.67. The normalized spacial score (nSPS) is 29.8. The van der Waals surface area contributed by atoms with Gasteiger partial charge in [0, 0.05) is 19.1 Å². The summed E-state index contributed by atoms with van der Waals surface area (Å²) in [6.07, 6.45) is 3.97. The van der Waals surface area contributed by atoms with Gasteiger partial charge in [-0.05, 0) is 19.3 Å². The maximum atomic E-state index is 5.85. The second-order valence-corrected chi connectivity index (χ2v) is 4.90. The monoisotopic (exact) mass is 250 g/mol. The lowest BCUT2D eigenvalue weighted by molar-refractivity contribution is 0.0998. The molecule has 2 bridgehead atoms. The van der Waals surface area contributed by atoms with Crippen molar-refractivity contribution in [2.45, 2.75) is 44.0 Å². The summed E-state index contributed by atoms with van der Waals surface area (Å²) in [6, 6.07) is 1.81. The number of rotatable bonds is 4. The molecule has 2 fully saturated rings. The number of ether oxygens (including phenoxy) is 2. The first kappa shape index (κ1) is 11.8. The summed E-state index contributed by atoms with van der Waals surface area (Å²) in [4.78, 5) is 9.01. The van der Waals surface area contributed by atoms with E-state index in [1.165, 1.54) is 6.42 Å². The number of hydrogen-bond donors (Lipinski definition) is 2. The number of anilines is 1. The molecular formula is C12H18N4O2. The molecule has 0 radical (unpaired) electrons. The lowest BCUT2D eigenvalue weighted by atomic mass is 9.88. The Hall–Kier alpha value is -1.24. The van der Waals surface area contributed by atoms with Crippen LogP contribution in [0.3, 0.4) is 0 Å². The molecule has 1 aromatic heterocycles. The molecule has 1 aromatic rings. The Labute approximate surface area is 106 Å². The number of fused-ring (bicyclic) bond motifs is 2. The Balaban J connectivity index is 1.88. The van der Waals surface area contributed by atoms with Gasteiger partial charge in [-0.15, -0.1) is 0 Å². The minimum atomic E-state index is 0.276. The van der Waals surface area contributed by atoms with Crippen molar-refractivity contribution < 1.29 is 9.47 Å². The fourth-order valence-corrected chi connectivity index (χ4v) is 2.89. The first-order valence-corrected chi connectivity index (χ1v) is 6.29. The zero-order valence-electron chi connectivity index (χ0n) is 10.4. The molecule has 0 saturated carbocycles. The minimum absolute atomic E-state index is 0.276. The van der Waals surface area contributed by atoms with Gasteiger partial charge in [0.25, 0.3) is 0 Å². The highest BCUT2D eigenvalue weighted by Gasteiger charge is 2.43. The van der Waals surface area contributed by atoms with Gasteiger partial charge >= 0.3 is 0 Å². The molecule has 18 heavy (non-hydrogen) atoms. The van der Waals surface area contributed by atoms with E-state index in [-0.39, 0.29) is 6.10 Å². The summed E-state index contributed by atoms with van der Waals surface area (Å²) in [6.45, 7) is 0.464. The van der Waals surface area contributed by atoms with E-state index in [1.54, 1.807) is 13.2 Å². The molecule has 2 aliphatic rings. The highest BCUT2D eigenvalue weighted by atomic mass is 16.5. The first-order valence-electron chi connectivity index (χ1n) is 6.29. The van der Waals surface area contributed by atoms with E-state index in [0.29, 0.717) is 24.4 Å². The van der Waals surface area contributed by atoms with Crippen molar-refractivity contribution in [3.05, 3.63) is 17.6 Å². The average Bonchev–Trinajstić information content (AvgIpc) is 3.01. The van der Waals surface area contributed by atoms with Gasteiger partial charge in [0.15, 0.2) is 0 Å². The Morgan fingerprint density at radius 2 is 2.39 bits per heavy atom. The van der Waals surface area contributed by atoms with Crippen LogP contribution >= 0.6 is 0 Å². The molecule has 98 valence electrons. The van der Waals surface area contributed by atoms with E-state index in [2.05, 4.69) is 15.4 Å². The number of methoxy groups -OCH3 is 1. The zero-order valence-corrected chi connectivity index (χ0v) is 10.4. The van der Waals surface area contributed by atoms with E-state index in [9.17, 15) is 0 Å². The van der Waals surface area contributed by atoms with Crippen LogP contribution in [0.15, 0.2) is 6.07 Å². The van der Waals surface area contributed by atoms with Gasteiger partial charge in [0.1, 0.15) is 11.6 Å². The smallest absolute Gasteiger partial charge is 0.144 e. The fraction of sp³-hybridized carbons (Fsp3) is 0.667. The Morgan fingerprint density at radius 1 is 1.50 bits per heavy atom. The van der Waals surface area contributed by atoms with Crippen molar-refractivity contribution in [1.29, 1.82) is 0 Å². The van der Waals surface area contributed by atoms with E-state index < -0.39 is 0 Å². The summed E-state index contributed by atoms with van der Waals surface area (Å²) < 4.78 is 11.0. The first-order chi connectivity index (χ1) is 8.80. The molecule has 3 rings (SSSR count).